The van der Waals surface area contributed by atoms with Crippen molar-refractivity contribution in [2.75, 3.05) is 19.6 Å². The highest BCUT2D eigenvalue weighted by atomic mass is 16.4. The predicted molar refractivity (Wildman–Crippen MR) is 56.9 cm³/mol. The Morgan fingerprint density at radius 2 is 2.00 bits per heavy atom. The van der Waals surface area contributed by atoms with Crippen LogP contribution in [0.2, 0.25) is 0 Å². The highest BCUT2D eigenvalue weighted by molar-refractivity contribution is 5.80. The van der Waals surface area contributed by atoms with Crippen LogP contribution in [0.4, 0.5) is 0 Å². The molecule has 1 aliphatic carbocycles. The molecule has 0 aliphatic heterocycles. The lowest BCUT2D eigenvalue weighted by Crippen LogP contribution is -2.36. The van der Waals surface area contributed by atoms with Gasteiger partial charge in [-0.1, -0.05) is 0 Å². The number of aliphatic carboxylic acids is 1. The lowest BCUT2D eigenvalue weighted by molar-refractivity contribution is -0.139. The molecule has 0 aromatic heterocycles. The number of amides is 1. The summed E-state index contributed by atoms with van der Waals surface area (Å²) in [5.41, 5.74) is 0. The van der Waals surface area contributed by atoms with E-state index in [1.165, 1.54) is 0 Å². The van der Waals surface area contributed by atoms with E-state index in [-0.39, 0.29) is 24.8 Å². The highest BCUT2D eigenvalue weighted by Crippen LogP contribution is 2.28. The smallest absolute Gasteiger partial charge is 0.306 e. The van der Waals surface area contributed by atoms with Gasteiger partial charge in [-0.15, -0.1) is 0 Å². The number of rotatable bonds is 8. The average Bonchev–Trinajstić information content (AvgIpc) is 2.98. The molecule has 1 atom stereocenters. The maximum atomic E-state index is 11.2. The number of carbonyl (C=O) groups excluding carboxylic acids is 1. The molecule has 6 nitrogen and oxygen atoms in total. The molecule has 1 rings (SSSR count). The number of hydrogen-bond donors (Lipinski definition) is 4. The number of carboxylic acids is 1. The lowest BCUT2D eigenvalue weighted by atomic mass is 10.2. The van der Waals surface area contributed by atoms with E-state index in [1.54, 1.807) is 0 Å². The molecular weight excluding hydrogens is 212 g/mol. The van der Waals surface area contributed by atoms with Crippen molar-refractivity contribution in [3.8, 4) is 0 Å². The second-order valence-corrected chi connectivity index (χ2v) is 4.02. The van der Waals surface area contributed by atoms with Gasteiger partial charge < -0.3 is 20.8 Å². The quantitative estimate of drug-likeness (QED) is 0.398. The minimum absolute atomic E-state index is 0.0906. The summed E-state index contributed by atoms with van der Waals surface area (Å²) in [6.45, 7) is 1.27. The Hall–Kier alpha value is -1.14. The molecule has 92 valence electrons. The van der Waals surface area contributed by atoms with Crippen LogP contribution in [0.15, 0.2) is 0 Å². The molecule has 1 fully saturated rings. The molecule has 0 heterocycles. The molecule has 6 heteroatoms. The number of nitrogens with one attached hydrogen (secondary N) is 2. The fourth-order valence-electron chi connectivity index (χ4n) is 1.31. The molecule has 0 bridgehead atoms. The second kappa shape index (κ2) is 6.44. The van der Waals surface area contributed by atoms with Crippen molar-refractivity contribution in [2.24, 2.45) is 5.92 Å². The summed E-state index contributed by atoms with van der Waals surface area (Å²) < 4.78 is 0. The Kier molecular flexibility index (Phi) is 5.21. The average molecular weight is 230 g/mol. The van der Waals surface area contributed by atoms with Gasteiger partial charge in [0.25, 0.3) is 0 Å². The first-order valence-corrected chi connectivity index (χ1v) is 5.48. The van der Waals surface area contributed by atoms with Gasteiger partial charge in [-0.2, -0.15) is 0 Å². The Morgan fingerprint density at radius 1 is 1.31 bits per heavy atom. The molecule has 0 spiro atoms. The van der Waals surface area contributed by atoms with E-state index in [2.05, 4.69) is 10.6 Å². The zero-order valence-electron chi connectivity index (χ0n) is 9.11. The van der Waals surface area contributed by atoms with Gasteiger partial charge in [-0.25, -0.2) is 0 Å². The van der Waals surface area contributed by atoms with E-state index in [9.17, 15) is 14.7 Å². The van der Waals surface area contributed by atoms with E-state index in [1.807, 2.05) is 0 Å². The zero-order valence-corrected chi connectivity index (χ0v) is 9.11. The third-order valence-electron chi connectivity index (χ3n) is 2.34. The highest BCUT2D eigenvalue weighted by Gasteiger charge is 2.28. The van der Waals surface area contributed by atoms with Crippen LogP contribution >= 0.6 is 0 Å². The number of aliphatic hydroxyl groups excluding tert-OH is 1. The summed E-state index contributed by atoms with van der Waals surface area (Å²) in [7, 11) is 0. The van der Waals surface area contributed by atoms with Gasteiger partial charge in [-0.05, 0) is 12.8 Å². The third-order valence-corrected chi connectivity index (χ3v) is 2.34. The van der Waals surface area contributed by atoms with Crippen LogP contribution in [0, 0.1) is 5.92 Å². The van der Waals surface area contributed by atoms with Gasteiger partial charge in [-0.3, -0.25) is 9.59 Å². The van der Waals surface area contributed by atoms with E-state index in [4.69, 9.17) is 5.11 Å². The van der Waals surface area contributed by atoms with E-state index < -0.39 is 12.1 Å². The zero-order chi connectivity index (χ0) is 12.0. The molecule has 0 aromatic rings. The molecule has 4 N–H and O–H groups in total. The maximum Gasteiger partial charge on any atom is 0.306 e. The van der Waals surface area contributed by atoms with Gasteiger partial charge in [0.15, 0.2) is 0 Å². The Bertz CT molecular complexity index is 253. The van der Waals surface area contributed by atoms with Crippen LogP contribution in [0.5, 0.6) is 0 Å². The lowest BCUT2D eigenvalue weighted by Gasteiger charge is -2.09. The van der Waals surface area contributed by atoms with Crippen LogP contribution < -0.4 is 10.6 Å². The van der Waals surface area contributed by atoms with E-state index in [0.29, 0.717) is 13.1 Å². The summed E-state index contributed by atoms with van der Waals surface area (Å²) in [6.07, 6.45) is 0.825. The monoisotopic (exact) mass is 230 g/mol. The molecule has 1 unspecified atom stereocenters. The summed E-state index contributed by atoms with van der Waals surface area (Å²) >= 11 is 0. The largest absolute Gasteiger partial charge is 0.481 e. The third kappa shape index (κ3) is 5.67. The first kappa shape index (κ1) is 12.9. The van der Waals surface area contributed by atoms with Gasteiger partial charge in [0, 0.05) is 25.6 Å². The molecule has 1 amide bonds. The molecule has 1 saturated carbocycles. The fourth-order valence-corrected chi connectivity index (χ4v) is 1.31. The van der Waals surface area contributed by atoms with Gasteiger partial charge in [0.2, 0.25) is 5.91 Å². The van der Waals surface area contributed by atoms with Gasteiger partial charge in [0.05, 0.1) is 12.5 Å². The minimum atomic E-state index is -1.02. The van der Waals surface area contributed by atoms with E-state index in [0.717, 1.165) is 12.8 Å². The molecular formula is C10H18N2O4. The molecule has 0 aromatic carbocycles. The maximum absolute atomic E-state index is 11.2. The Morgan fingerprint density at radius 3 is 2.56 bits per heavy atom. The van der Waals surface area contributed by atoms with Crippen LogP contribution in [0.1, 0.15) is 19.3 Å². The van der Waals surface area contributed by atoms with Crippen molar-refractivity contribution < 1.29 is 19.8 Å². The Balaban J connectivity index is 1.90. The summed E-state index contributed by atoms with van der Waals surface area (Å²) in [5, 5.41) is 23.2. The number of hydrogen-bond acceptors (Lipinski definition) is 4. The first-order valence-electron chi connectivity index (χ1n) is 5.48. The van der Waals surface area contributed by atoms with Crippen LogP contribution in [0.3, 0.4) is 0 Å². The SMILES string of the molecule is O=C(O)CC(O)CNCCNC(=O)C1CC1. The molecule has 0 saturated heterocycles. The first-order chi connectivity index (χ1) is 7.59. The van der Waals surface area contributed by atoms with Gasteiger partial charge >= 0.3 is 5.97 Å². The number of aliphatic hydroxyl groups is 1. The standard InChI is InChI=1S/C10H18N2O4/c13-8(5-9(14)15)6-11-3-4-12-10(16)7-1-2-7/h7-8,11,13H,1-6H2,(H,12,16)(H,14,15). The predicted octanol–water partition coefficient (Wildman–Crippen LogP) is -1.06. The normalized spacial score (nSPS) is 16.8. The van der Waals surface area contributed by atoms with Crippen LogP contribution in [-0.2, 0) is 9.59 Å². The van der Waals surface area contributed by atoms with Crippen molar-refractivity contribution in [1.82, 2.24) is 10.6 Å². The molecule has 16 heavy (non-hydrogen) atoms. The topological polar surface area (TPSA) is 98.7 Å². The Labute approximate surface area is 94.0 Å². The summed E-state index contributed by atoms with van der Waals surface area (Å²) in [6, 6.07) is 0. The molecule has 1 aliphatic rings. The summed E-state index contributed by atoms with van der Waals surface area (Å²) in [4.78, 5) is 21.4. The van der Waals surface area contributed by atoms with Crippen molar-refractivity contribution in [1.29, 1.82) is 0 Å². The van der Waals surface area contributed by atoms with E-state index >= 15 is 0 Å². The number of carbonyl (C=O) groups is 2. The fraction of sp³-hybridized carbons (Fsp3) is 0.800. The van der Waals surface area contributed by atoms with Crippen molar-refractivity contribution >= 4 is 11.9 Å². The van der Waals surface area contributed by atoms with Crippen molar-refractivity contribution in [2.45, 2.75) is 25.4 Å². The second-order valence-electron chi connectivity index (χ2n) is 4.02. The van der Waals surface area contributed by atoms with Crippen LogP contribution in [-0.4, -0.2) is 47.8 Å². The summed E-state index contributed by atoms with van der Waals surface area (Å²) in [5.74, 6) is -0.721. The minimum Gasteiger partial charge on any atom is -0.481 e. The van der Waals surface area contributed by atoms with Crippen LogP contribution in [0.25, 0.3) is 0 Å². The molecule has 0 radical (unpaired) electrons. The number of carboxylic acid groups (broad SMARTS) is 1. The van der Waals surface area contributed by atoms with Gasteiger partial charge in [0.1, 0.15) is 0 Å². The van der Waals surface area contributed by atoms with Crippen molar-refractivity contribution in [3.63, 3.8) is 0 Å². The van der Waals surface area contributed by atoms with Crippen molar-refractivity contribution in [3.05, 3.63) is 0 Å².